The Kier molecular flexibility index (Phi) is 7.71. The van der Waals surface area contributed by atoms with E-state index in [0.717, 1.165) is 29.7 Å². The highest BCUT2D eigenvalue weighted by atomic mass is 19.1. The highest BCUT2D eigenvalue weighted by Gasteiger charge is 2.35. The topological polar surface area (TPSA) is 50.8 Å². The first-order valence-corrected chi connectivity index (χ1v) is 12.0. The second kappa shape index (κ2) is 10.9. The van der Waals surface area contributed by atoms with E-state index in [4.69, 9.17) is 9.47 Å². The highest BCUT2D eigenvalue weighted by molar-refractivity contribution is 5.94. The number of methoxy groups -OCH3 is 2. The van der Waals surface area contributed by atoms with Crippen LogP contribution in [0.3, 0.4) is 0 Å². The van der Waals surface area contributed by atoms with Crippen LogP contribution in [0.2, 0.25) is 0 Å². The van der Waals surface area contributed by atoms with E-state index >= 15 is 0 Å². The summed E-state index contributed by atoms with van der Waals surface area (Å²) in [5.41, 5.74) is 4.59. The molecule has 0 aliphatic carbocycles. The van der Waals surface area contributed by atoms with E-state index in [9.17, 15) is 9.18 Å². The standard InChI is InChI=1S/C29H33FN2O3/c1-5-25(31-29(33)20-12-10-19(2)11-13-20)28-23-17-27(35-4)26(34-3)16-21(23)14-15-32(28)18-22-8-6-7-9-24(22)30/h6-13,16-17,25,28H,5,14-15,18H2,1-4H3,(H,31,33). The number of benzene rings is 3. The number of carbonyl (C=O) groups is 1. The molecule has 1 aliphatic heterocycles. The molecule has 184 valence electrons. The number of nitrogens with zero attached hydrogens (tertiary/aromatic N) is 1. The molecule has 4 rings (SSSR count). The average Bonchev–Trinajstić information content (AvgIpc) is 2.88. The molecule has 0 radical (unpaired) electrons. The molecule has 0 fully saturated rings. The Bertz CT molecular complexity index is 1180. The number of hydrogen-bond donors (Lipinski definition) is 1. The van der Waals surface area contributed by atoms with Gasteiger partial charge in [0, 0.05) is 30.3 Å². The van der Waals surface area contributed by atoms with Crippen LogP contribution in [0.4, 0.5) is 4.39 Å². The zero-order valence-electron chi connectivity index (χ0n) is 20.8. The minimum Gasteiger partial charge on any atom is -0.493 e. The normalized spacial score (nSPS) is 16.3. The lowest BCUT2D eigenvalue weighted by Crippen LogP contribution is -2.48. The Morgan fingerprint density at radius 3 is 2.43 bits per heavy atom. The van der Waals surface area contributed by atoms with Gasteiger partial charge in [-0.15, -0.1) is 0 Å². The molecule has 1 amide bonds. The number of halogens is 1. The number of carbonyl (C=O) groups excluding carboxylic acids is 1. The Morgan fingerprint density at radius 2 is 1.77 bits per heavy atom. The van der Waals surface area contributed by atoms with Gasteiger partial charge >= 0.3 is 0 Å². The van der Waals surface area contributed by atoms with Crippen molar-refractivity contribution in [3.8, 4) is 11.5 Å². The Balaban J connectivity index is 1.73. The summed E-state index contributed by atoms with van der Waals surface area (Å²) in [6.45, 7) is 5.24. The van der Waals surface area contributed by atoms with E-state index in [1.807, 2.05) is 55.5 Å². The van der Waals surface area contributed by atoms with Crippen LogP contribution in [0.25, 0.3) is 0 Å². The van der Waals surface area contributed by atoms with Gasteiger partial charge < -0.3 is 14.8 Å². The molecule has 2 unspecified atom stereocenters. The summed E-state index contributed by atoms with van der Waals surface area (Å²) >= 11 is 0. The molecule has 1 aliphatic rings. The van der Waals surface area contributed by atoms with Crippen molar-refractivity contribution in [1.29, 1.82) is 0 Å². The van der Waals surface area contributed by atoms with Crippen molar-refractivity contribution in [1.82, 2.24) is 10.2 Å². The summed E-state index contributed by atoms with van der Waals surface area (Å²) in [6, 6.07) is 18.1. The van der Waals surface area contributed by atoms with Crippen LogP contribution in [0.1, 0.15) is 52.0 Å². The fourth-order valence-corrected chi connectivity index (χ4v) is 4.88. The quantitative estimate of drug-likeness (QED) is 0.469. The second-order valence-electron chi connectivity index (χ2n) is 9.02. The first kappa shape index (κ1) is 24.7. The molecular formula is C29H33FN2O3. The Hall–Kier alpha value is -3.38. The average molecular weight is 477 g/mol. The molecule has 0 bridgehead atoms. The lowest BCUT2D eigenvalue weighted by molar-refractivity contribution is 0.0857. The van der Waals surface area contributed by atoms with E-state index in [0.29, 0.717) is 35.6 Å². The van der Waals surface area contributed by atoms with Gasteiger partial charge in [-0.2, -0.15) is 0 Å². The largest absolute Gasteiger partial charge is 0.493 e. The van der Waals surface area contributed by atoms with Gasteiger partial charge in [-0.3, -0.25) is 9.69 Å². The summed E-state index contributed by atoms with van der Waals surface area (Å²) in [4.78, 5) is 15.4. The predicted octanol–water partition coefficient (Wildman–Crippen LogP) is 5.46. The number of aryl methyl sites for hydroxylation is 1. The molecule has 0 spiro atoms. The van der Waals surface area contributed by atoms with Gasteiger partial charge in [-0.1, -0.05) is 42.8 Å². The third-order valence-electron chi connectivity index (χ3n) is 6.81. The number of ether oxygens (including phenoxy) is 2. The van der Waals surface area contributed by atoms with Crippen molar-refractivity contribution in [3.63, 3.8) is 0 Å². The van der Waals surface area contributed by atoms with E-state index in [1.165, 1.54) is 6.07 Å². The number of nitrogens with one attached hydrogen (secondary N) is 1. The van der Waals surface area contributed by atoms with Gasteiger partial charge in [-0.25, -0.2) is 4.39 Å². The molecule has 5 nitrogen and oxygen atoms in total. The zero-order valence-corrected chi connectivity index (χ0v) is 20.8. The van der Waals surface area contributed by atoms with Crippen LogP contribution in [-0.4, -0.2) is 37.6 Å². The van der Waals surface area contributed by atoms with Crippen LogP contribution in [0.15, 0.2) is 60.7 Å². The summed E-state index contributed by atoms with van der Waals surface area (Å²) < 4.78 is 25.7. The van der Waals surface area contributed by atoms with E-state index in [-0.39, 0.29) is 23.8 Å². The van der Waals surface area contributed by atoms with Crippen LogP contribution < -0.4 is 14.8 Å². The lowest BCUT2D eigenvalue weighted by atomic mass is 9.86. The summed E-state index contributed by atoms with van der Waals surface area (Å²) in [7, 11) is 3.25. The first-order valence-electron chi connectivity index (χ1n) is 12.0. The fraction of sp³-hybridized carbons (Fsp3) is 0.345. The van der Waals surface area contributed by atoms with Crippen molar-refractivity contribution in [2.24, 2.45) is 0 Å². The summed E-state index contributed by atoms with van der Waals surface area (Å²) in [5, 5.41) is 3.26. The zero-order chi connectivity index (χ0) is 24.9. The summed E-state index contributed by atoms with van der Waals surface area (Å²) in [5.74, 6) is 0.990. The minimum absolute atomic E-state index is 0.115. The maximum absolute atomic E-state index is 14.6. The van der Waals surface area contributed by atoms with Crippen LogP contribution in [0.5, 0.6) is 11.5 Å². The van der Waals surface area contributed by atoms with Gasteiger partial charge in [0.05, 0.1) is 20.3 Å². The smallest absolute Gasteiger partial charge is 0.251 e. The van der Waals surface area contributed by atoms with Gasteiger partial charge in [0.1, 0.15) is 5.82 Å². The molecule has 6 heteroatoms. The molecule has 3 aromatic rings. The number of rotatable bonds is 8. The predicted molar refractivity (Wildman–Crippen MR) is 136 cm³/mol. The van der Waals surface area contributed by atoms with Crippen LogP contribution >= 0.6 is 0 Å². The maximum atomic E-state index is 14.6. The Labute approximate surface area is 206 Å². The Morgan fingerprint density at radius 1 is 1.09 bits per heavy atom. The molecule has 3 aromatic carbocycles. The van der Waals surface area contributed by atoms with E-state index in [2.05, 4.69) is 17.1 Å². The number of amides is 1. The van der Waals surface area contributed by atoms with E-state index in [1.54, 1.807) is 20.3 Å². The molecule has 0 aromatic heterocycles. The van der Waals surface area contributed by atoms with Crippen LogP contribution in [-0.2, 0) is 13.0 Å². The monoisotopic (exact) mass is 476 g/mol. The van der Waals surface area contributed by atoms with Crippen LogP contribution in [0, 0.1) is 12.7 Å². The third-order valence-corrected chi connectivity index (χ3v) is 6.81. The molecule has 1 N–H and O–H groups in total. The fourth-order valence-electron chi connectivity index (χ4n) is 4.88. The molecule has 0 saturated carbocycles. The van der Waals surface area contributed by atoms with Crippen molar-refractivity contribution in [3.05, 3.63) is 94.3 Å². The third kappa shape index (κ3) is 5.33. The second-order valence-corrected chi connectivity index (χ2v) is 9.02. The molecule has 2 atom stereocenters. The number of fused-ring (bicyclic) bond motifs is 1. The molecule has 1 heterocycles. The minimum atomic E-state index is -0.221. The number of hydrogen-bond acceptors (Lipinski definition) is 4. The first-order chi connectivity index (χ1) is 16.9. The molecular weight excluding hydrogens is 443 g/mol. The molecule has 0 saturated heterocycles. The van der Waals surface area contributed by atoms with Crippen molar-refractivity contribution >= 4 is 5.91 Å². The van der Waals surface area contributed by atoms with Gasteiger partial charge in [0.25, 0.3) is 5.91 Å². The van der Waals surface area contributed by atoms with Gasteiger partial charge in [0.2, 0.25) is 0 Å². The van der Waals surface area contributed by atoms with Crippen molar-refractivity contribution in [2.45, 2.75) is 45.3 Å². The lowest BCUT2D eigenvalue weighted by Gasteiger charge is -2.42. The van der Waals surface area contributed by atoms with Crippen molar-refractivity contribution < 1.29 is 18.7 Å². The van der Waals surface area contributed by atoms with E-state index < -0.39 is 0 Å². The SMILES string of the molecule is CCC(NC(=O)c1ccc(C)cc1)C1c2cc(OC)c(OC)cc2CCN1Cc1ccccc1F. The van der Waals surface area contributed by atoms with Gasteiger partial charge in [0.15, 0.2) is 11.5 Å². The van der Waals surface area contributed by atoms with Gasteiger partial charge in [-0.05, 0) is 61.2 Å². The molecule has 35 heavy (non-hydrogen) atoms. The highest BCUT2D eigenvalue weighted by Crippen LogP contribution is 2.40. The maximum Gasteiger partial charge on any atom is 0.251 e. The summed E-state index contributed by atoms with van der Waals surface area (Å²) in [6.07, 6.45) is 1.51. The van der Waals surface area contributed by atoms with Crippen molar-refractivity contribution in [2.75, 3.05) is 20.8 Å².